The van der Waals surface area contributed by atoms with Crippen LogP contribution < -0.4 is 5.69 Å². The van der Waals surface area contributed by atoms with E-state index in [0.717, 1.165) is 0 Å². The molecule has 0 bridgehead atoms. The molecule has 2 heterocycles. The lowest BCUT2D eigenvalue weighted by molar-refractivity contribution is 0.204. The van der Waals surface area contributed by atoms with E-state index in [-0.39, 0.29) is 18.1 Å². The van der Waals surface area contributed by atoms with Crippen LogP contribution in [0.25, 0.3) is 0 Å². The molecule has 0 saturated heterocycles. The summed E-state index contributed by atoms with van der Waals surface area (Å²) in [4.78, 5) is 11.8. The van der Waals surface area contributed by atoms with Gasteiger partial charge in [0.15, 0.2) is 5.82 Å². The van der Waals surface area contributed by atoms with Crippen molar-refractivity contribution < 1.29 is 9.52 Å². The fourth-order valence-electron chi connectivity index (χ4n) is 2.03. The first kappa shape index (κ1) is 12.4. The largest absolute Gasteiger partial charge is 0.467 e. The Morgan fingerprint density at radius 3 is 2.75 bits per heavy atom. The summed E-state index contributed by atoms with van der Waals surface area (Å²) in [5.74, 6) is 0.882. The molecule has 3 aromatic rings. The molecule has 0 unspecified atom stereocenters. The molecule has 2 N–H and O–H groups in total. The van der Waals surface area contributed by atoms with Gasteiger partial charge in [-0.3, -0.25) is 4.57 Å². The smallest absolute Gasteiger partial charge is 0.343 e. The second kappa shape index (κ2) is 5.18. The molecule has 102 valence electrons. The van der Waals surface area contributed by atoms with Crippen molar-refractivity contribution in [2.24, 2.45) is 0 Å². The second-order valence-corrected chi connectivity index (χ2v) is 4.37. The lowest BCUT2D eigenvalue weighted by atomic mass is 10.1. The van der Waals surface area contributed by atoms with E-state index in [1.165, 1.54) is 10.8 Å². The van der Waals surface area contributed by atoms with Crippen LogP contribution in [0.3, 0.4) is 0 Å². The van der Waals surface area contributed by atoms with Crippen molar-refractivity contribution in [3.8, 4) is 0 Å². The Labute approximate surface area is 114 Å². The van der Waals surface area contributed by atoms with E-state index in [1.54, 1.807) is 24.3 Å². The third-order valence-corrected chi connectivity index (χ3v) is 3.04. The molecule has 6 nitrogen and oxygen atoms in total. The molecule has 0 amide bonds. The number of nitrogens with zero attached hydrogens (tertiary/aromatic N) is 2. The molecule has 0 saturated carbocycles. The number of hydrogen-bond acceptors (Lipinski definition) is 4. The van der Waals surface area contributed by atoms with E-state index in [1.807, 2.05) is 18.2 Å². The van der Waals surface area contributed by atoms with Crippen molar-refractivity contribution in [1.82, 2.24) is 14.8 Å². The van der Waals surface area contributed by atoms with Gasteiger partial charge in [-0.2, -0.15) is 5.10 Å². The molecular weight excluding hydrogens is 258 g/mol. The van der Waals surface area contributed by atoms with Crippen LogP contribution in [0, 0.1) is 0 Å². The summed E-state index contributed by atoms with van der Waals surface area (Å²) in [6.07, 6.45) is 0.568. The minimum absolute atomic E-state index is 0.224. The first-order chi connectivity index (χ1) is 9.75. The molecule has 0 spiro atoms. The van der Waals surface area contributed by atoms with Crippen LogP contribution in [-0.4, -0.2) is 19.9 Å². The maximum absolute atomic E-state index is 11.8. The Bertz CT molecular complexity index is 729. The van der Waals surface area contributed by atoms with Gasteiger partial charge in [0.2, 0.25) is 0 Å². The fraction of sp³-hybridized carbons (Fsp3) is 0.143. The van der Waals surface area contributed by atoms with Gasteiger partial charge in [-0.1, -0.05) is 30.3 Å². The van der Waals surface area contributed by atoms with Crippen LogP contribution in [0.4, 0.5) is 0 Å². The number of aromatic amines is 1. The quantitative estimate of drug-likeness (QED) is 0.749. The summed E-state index contributed by atoms with van der Waals surface area (Å²) in [6, 6.07) is 12.6. The molecular formula is C14H13N3O3. The summed E-state index contributed by atoms with van der Waals surface area (Å²) < 4.78 is 6.58. The van der Waals surface area contributed by atoms with Crippen molar-refractivity contribution in [3.05, 3.63) is 76.4 Å². The zero-order valence-electron chi connectivity index (χ0n) is 10.6. The van der Waals surface area contributed by atoms with Crippen LogP contribution in [0.5, 0.6) is 0 Å². The number of aliphatic hydroxyl groups is 1. The van der Waals surface area contributed by atoms with Crippen molar-refractivity contribution in [2.75, 3.05) is 0 Å². The standard InChI is InChI=1S/C14H13N3O3/c18-12(10-5-2-1-3-6-10)13-15-16-14(19)17(13)9-11-7-4-8-20-11/h1-8,12,18H,9H2,(H,16,19)/t12-/m0/s1. The van der Waals surface area contributed by atoms with Crippen molar-refractivity contribution in [2.45, 2.75) is 12.6 Å². The summed E-state index contributed by atoms with van der Waals surface area (Å²) in [5.41, 5.74) is 0.290. The van der Waals surface area contributed by atoms with Gasteiger partial charge in [0, 0.05) is 0 Å². The summed E-state index contributed by atoms with van der Waals surface area (Å²) in [7, 11) is 0. The number of hydrogen-bond donors (Lipinski definition) is 2. The Morgan fingerprint density at radius 1 is 1.25 bits per heavy atom. The van der Waals surface area contributed by atoms with Crippen LogP contribution in [-0.2, 0) is 6.54 Å². The van der Waals surface area contributed by atoms with Crippen LogP contribution in [0.15, 0.2) is 57.9 Å². The molecule has 0 aliphatic rings. The molecule has 0 fully saturated rings. The van der Waals surface area contributed by atoms with Gasteiger partial charge in [0.05, 0.1) is 12.8 Å². The number of furan rings is 1. The average Bonchev–Trinajstić information content (AvgIpc) is 3.11. The van der Waals surface area contributed by atoms with E-state index in [4.69, 9.17) is 4.42 Å². The normalized spacial score (nSPS) is 12.4. The summed E-state index contributed by atoms with van der Waals surface area (Å²) in [5, 5.41) is 16.6. The van der Waals surface area contributed by atoms with Crippen LogP contribution >= 0.6 is 0 Å². The maximum atomic E-state index is 11.8. The number of rotatable bonds is 4. The Kier molecular flexibility index (Phi) is 3.22. The minimum Gasteiger partial charge on any atom is -0.467 e. The highest BCUT2D eigenvalue weighted by Gasteiger charge is 2.19. The van der Waals surface area contributed by atoms with Crippen LogP contribution in [0.2, 0.25) is 0 Å². The number of aromatic nitrogens is 3. The average molecular weight is 271 g/mol. The molecule has 0 aliphatic heterocycles. The summed E-state index contributed by atoms with van der Waals surface area (Å²) >= 11 is 0. The highest BCUT2D eigenvalue weighted by molar-refractivity contribution is 5.22. The Hall–Kier alpha value is -2.60. The number of nitrogens with one attached hydrogen (secondary N) is 1. The van der Waals surface area contributed by atoms with E-state index in [2.05, 4.69) is 10.2 Å². The van der Waals surface area contributed by atoms with E-state index in [0.29, 0.717) is 11.3 Å². The highest BCUT2D eigenvalue weighted by Crippen LogP contribution is 2.19. The fourth-order valence-corrected chi connectivity index (χ4v) is 2.03. The van der Waals surface area contributed by atoms with Gasteiger partial charge in [-0.05, 0) is 17.7 Å². The zero-order chi connectivity index (χ0) is 13.9. The number of benzene rings is 1. The molecule has 3 rings (SSSR count). The molecule has 0 radical (unpaired) electrons. The predicted molar refractivity (Wildman–Crippen MR) is 71.2 cm³/mol. The maximum Gasteiger partial charge on any atom is 0.343 e. The van der Waals surface area contributed by atoms with Gasteiger partial charge in [0.1, 0.15) is 11.9 Å². The number of aliphatic hydroxyl groups excluding tert-OH is 1. The molecule has 1 aromatic carbocycles. The van der Waals surface area contributed by atoms with Gasteiger partial charge < -0.3 is 9.52 Å². The topological polar surface area (TPSA) is 84.0 Å². The zero-order valence-corrected chi connectivity index (χ0v) is 10.6. The first-order valence-corrected chi connectivity index (χ1v) is 6.16. The SMILES string of the molecule is O=c1[nH]nc([C@@H](O)c2ccccc2)n1Cc1ccco1. The van der Waals surface area contributed by atoms with E-state index >= 15 is 0 Å². The van der Waals surface area contributed by atoms with E-state index in [9.17, 15) is 9.90 Å². The lowest BCUT2D eigenvalue weighted by Gasteiger charge is -2.11. The van der Waals surface area contributed by atoms with Crippen molar-refractivity contribution in [1.29, 1.82) is 0 Å². The van der Waals surface area contributed by atoms with Gasteiger partial charge in [-0.25, -0.2) is 9.89 Å². The van der Waals surface area contributed by atoms with E-state index < -0.39 is 6.10 Å². The Balaban J connectivity index is 1.96. The van der Waals surface area contributed by atoms with Crippen LogP contribution in [0.1, 0.15) is 23.3 Å². The molecule has 20 heavy (non-hydrogen) atoms. The van der Waals surface area contributed by atoms with Gasteiger partial charge in [-0.15, -0.1) is 0 Å². The van der Waals surface area contributed by atoms with Crippen molar-refractivity contribution >= 4 is 0 Å². The molecule has 1 atom stereocenters. The minimum atomic E-state index is -0.967. The predicted octanol–water partition coefficient (Wildman–Crippen LogP) is 1.29. The highest BCUT2D eigenvalue weighted by atomic mass is 16.3. The Morgan fingerprint density at radius 2 is 2.05 bits per heavy atom. The third kappa shape index (κ3) is 2.28. The van der Waals surface area contributed by atoms with Gasteiger partial charge in [0.25, 0.3) is 0 Å². The van der Waals surface area contributed by atoms with Crippen molar-refractivity contribution in [3.63, 3.8) is 0 Å². The molecule has 0 aliphatic carbocycles. The second-order valence-electron chi connectivity index (χ2n) is 4.37. The molecule has 6 heteroatoms. The monoisotopic (exact) mass is 271 g/mol. The summed E-state index contributed by atoms with van der Waals surface area (Å²) in [6.45, 7) is 0.224. The first-order valence-electron chi connectivity index (χ1n) is 6.16. The van der Waals surface area contributed by atoms with Gasteiger partial charge >= 0.3 is 5.69 Å². The number of H-pyrrole nitrogens is 1. The third-order valence-electron chi connectivity index (χ3n) is 3.04. The lowest BCUT2D eigenvalue weighted by Crippen LogP contribution is -2.21. The molecule has 2 aromatic heterocycles.